The zero-order valence-corrected chi connectivity index (χ0v) is 21.6. The van der Waals surface area contributed by atoms with E-state index in [2.05, 4.69) is 12.2 Å². The van der Waals surface area contributed by atoms with Crippen LogP contribution in [0, 0.1) is 23.2 Å². The minimum Gasteiger partial charge on any atom is -0.352 e. The number of hydrogen-bond acceptors (Lipinski definition) is 3. The maximum atomic E-state index is 13.5. The third kappa shape index (κ3) is 4.42. The molecule has 6 heteroatoms. The number of halogens is 1. The van der Waals surface area contributed by atoms with Gasteiger partial charge in [-0.2, -0.15) is 0 Å². The van der Waals surface area contributed by atoms with Gasteiger partial charge in [0.15, 0.2) is 0 Å². The van der Waals surface area contributed by atoms with E-state index < -0.39 is 0 Å². The van der Waals surface area contributed by atoms with Gasteiger partial charge in [-0.25, -0.2) is 0 Å². The Bertz CT molecular complexity index is 1170. The number of nitrogens with one attached hydrogen (secondary N) is 1. The molecule has 7 rings (SSSR count). The molecule has 0 spiro atoms. The van der Waals surface area contributed by atoms with Crippen molar-refractivity contribution >= 4 is 46.9 Å². The summed E-state index contributed by atoms with van der Waals surface area (Å²) < 4.78 is 0. The zero-order chi connectivity index (χ0) is 24.2. The first-order valence-corrected chi connectivity index (χ1v) is 13.9. The fourth-order valence-electron chi connectivity index (χ4n) is 7.46. The van der Waals surface area contributed by atoms with Crippen molar-refractivity contribution in [3.63, 3.8) is 0 Å². The summed E-state index contributed by atoms with van der Waals surface area (Å²) in [6.07, 6.45) is 9.76. The number of carbonyl (C=O) groups excluding carboxylic acids is 2. The van der Waals surface area contributed by atoms with Crippen molar-refractivity contribution in [2.45, 2.75) is 56.4 Å². The summed E-state index contributed by atoms with van der Waals surface area (Å²) in [5.41, 5.74) is 1.90. The molecule has 0 aromatic heterocycles. The molecule has 2 aromatic rings. The summed E-state index contributed by atoms with van der Waals surface area (Å²) in [6.45, 7) is 2.22. The van der Waals surface area contributed by atoms with Crippen LogP contribution in [0.4, 0.5) is 5.69 Å². The van der Waals surface area contributed by atoms with Crippen molar-refractivity contribution in [3.05, 3.63) is 64.0 Å². The van der Waals surface area contributed by atoms with Crippen LogP contribution in [0.15, 0.2) is 58.3 Å². The van der Waals surface area contributed by atoms with Crippen molar-refractivity contribution in [2.24, 2.45) is 23.2 Å². The van der Waals surface area contributed by atoms with Crippen LogP contribution in [0.5, 0.6) is 0 Å². The lowest BCUT2D eigenvalue weighted by Crippen LogP contribution is -2.57. The Kier molecular flexibility index (Phi) is 5.96. The Balaban J connectivity index is 1.21. The molecular formula is C29H31ClN2O2S. The van der Waals surface area contributed by atoms with Crippen molar-refractivity contribution in [1.29, 1.82) is 0 Å². The Morgan fingerprint density at radius 2 is 1.80 bits per heavy atom. The fraction of sp³-hybridized carbons (Fsp3) is 0.448. The Labute approximate surface area is 216 Å². The summed E-state index contributed by atoms with van der Waals surface area (Å²) >= 11 is 7.60. The SMILES string of the molecule is C[C@@H](NC(=O)CN1C(=O)/C(=C/c2cccc(Cl)c2)Sc2ccccc21)C12CC3CC(CC(C3)C1)C2. The number of amides is 2. The average molecular weight is 507 g/mol. The first kappa shape index (κ1) is 23.2. The third-order valence-electron chi connectivity index (χ3n) is 8.66. The summed E-state index contributed by atoms with van der Waals surface area (Å²) in [6, 6.07) is 15.4. The van der Waals surface area contributed by atoms with Crippen LogP contribution in [0.3, 0.4) is 0 Å². The molecule has 0 unspecified atom stereocenters. The van der Waals surface area contributed by atoms with Gasteiger partial charge in [0.25, 0.3) is 5.91 Å². The number of hydrogen-bond donors (Lipinski definition) is 1. The second-order valence-electron chi connectivity index (χ2n) is 11.1. The van der Waals surface area contributed by atoms with Gasteiger partial charge < -0.3 is 5.32 Å². The predicted octanol–water partition coefficient (Wildman–Crippen LogP) is 6.54. The molecule has 0 saturated heterocycles. The quantitative estimate of drug-likeness (QED) is 0.468. The molecule has 1 N–H and O–H groups in total. The van der Waals surface area contributed by atoms with Gasteiger partial charge >= 0.3 is 0 Å². The smallest absolute Gasteiger partial charge is 0.265 e. The number of para-hydroxylation sites is 1. The minimum absolute atomic E-state index is 0.0278. The summed E-state index contributed by atoms with van der Waals surface area (Å²) in [7, 11) is 0. The average Bonchev–Trinajstić information content (AvgIpc) is 2.81. The van der Waals surface area contributed by atoms with Gasteiger partial charge in [-0.15, -0.1) is 0 Å². The number of anilines is 1. The number of thioether (sulfide) groups is 1. The number of benzene rings is 2. The predicted molar refractivity (Wildman–Crippen MR) is 142 cm³/mol. The third-order valence-corrected chi connectivity index (χ3v) is 9.97. The highest BCUT2D eigenvalue weighted by atomic mass is 35.5. The van der Waals surface area contributed by atoms with Gasteiger partial charge in [0.1, 0.15) is 6.54 Å². The highest BCUT2D eigenvalue weighted by Gasteiger charge is 2.53. The molecule has 4 saturated carbocycles. The summed E-state index contributed by atoms with van der Waals surface area (Å²) in [5, 5.41) is 3.96. The lowest BCUT2D eigenvalue weighted by Gasteiger charge is -2.59. The normalized spacial score (nSPS) is 30.9. The molecule has 2 aromatic carbocycles. The van der Waals surface area contributed by atoms with Gasteiger partial charge in [0.2, 0.25) is 5.91 Å². The van der Waals surface area contributed by atoms with Crippen molar-refractivity contribution < 1.29 is 9.59 Å². The molecule has 182 valence electrons. The van der Waals surface area contributed by atoms with Crippen LogP contribution in [0.2, 0.25) is 5.02 Å². The fourth-order valence-corrected chi connectivity index (χ4v) is 8.72. The molecule has 1 heterocycles. The van der Waals surface area contributed by atoms with Crippen LogP contribution in [-0.4, -0.2) is 24.4 Å². The molecule has 4 nitrogen and oxygen atoms in total. The van der Waals surface area contributed by atoms with E-state index in [4.69, 9.17) is 11.6 Å². The Hall–Kier alpha value is -2.24. The maximum Gasteiger partial charge on any atom is 0.265 e. The van der Waals surface area contributed by atoms with Crippen LogP contribution >= 0.6 is 23.4 Å². The van der Waals surface area contributed by atoms with Gasteiger partial charge in [-0.1, -0.05) is 47.6 Å². The van der Waals surface area contributed by atoms with Crippen molar-refractivity contribution in [2.75, 3.05) is 11.4 Å². The Morgan fingerprint density at radius 1 is 1.11 bits per heavy atom. The van der Waals surface area contributed by atoms with Gasteiger partial charge in [0.05, 0.1) is 10.6 Å². The van der Waals surface area contributed by atoms with Gasteiger partial charge in [-0.05, 0) is 105 Å². The number of fused-ring (bicyclic) bond motifs is 1. The number of rotatable bonds is 5. The highest BCUT2D eigenvalue weighted by molar-refractivity contribution is 8.04. The molecule has 5 aliphatic rings. The van der Waals surface area contributed by atoms with Crippen LogP contribution in [0.1, 0.15) is 51.0 Å². The minimum atomic E-state index is -0.147. The molecule has 35 heavy (non-hydrogen) atoms. The number of carbonyl (C=O) groups is 2. The van der Waals surface area contributed by atoms with E-state index in [9.17, 15) is 9.59 Å². The molecule has 4 fully saturated rings. The molecule has 2 amide bonds. The summed E-state index contributed by atoms with van der Waals surface area (Å²) in [4.78, 5) is 30.1. The monoisotopic (exact) mass is 506 g/mol. The first-order chi connectivity index (χ1) is 16.9. The topological polar surface area (TPSA) is 49.4 Å². The van der Waals surface area contributed by atoms with E-state index in [0.717, 1.165) is 33.9 Å². The molecule has 1 atom stereocenters. The van der Waals surface area contributed by atoms with E-state index in [1.54, 1.807) is 4.90 Å². The molecule has 4 bridgehead atoms. The van der Waals surface area contributed by atoms with Crippen LogP contribution in [0.25, 0.3) is 6.08 Å². The molecule has 4 aliphatic carbocycles. The molecule has 1 aliphatic heterocycles. The molecule has 0 radical (unpaired) electrons. The molecular weight excluding hydrogens is 476 g/mol. The van der Waals surface area contributed by atoms with E-state index in [1.807, 2.05) is 54.6 Å². The van der Waals surface area contributed by atoms with E-state index in [1.165, 1.54) is 50.3 Å². The largest absolute Gasteiger partial charge is 0.352 e. The van der Waals surface area contributed by atoms with Crippen LogP contribution < -0.4 is 10.2 Å². The van der Waals surface area contributed by atoms with E-state index in [-0.39, 0.29) is 29.8 Å². The standard InChI is InChI=1S/C29H31ClN2O2S/c1-18(29-14-20-9-21(15-29)11-22(10-20)16-29)31-27(33)17-32-24-7-2-3-8-25(24)35-26(28(32)34)13-19-5-4-6-23(30)12-19/h2-8,12-13,18,20-22H,9-11,14-17H2,1H3,(H,31,33)/b26-13-/t18-,20?,21?,22?,29?/m1/s1. The maximum absolute atomic E-state index is 13.5. The lowest BCUT2D eigenvalue weighted by atomic mass is 9.48. The zero-order valence-electron chi connectivity index (χ0n) is 20.0. The first-order valence-electron chi connectivity index (χ1n) is 12.7. The highest BCUT2D eigenvalue weighted by Crippen LogP contribution is 2.61. The summed E-state index contributed by atoms with van der Waals surface area (Å²) in [5.74, 6) is 2.30. The Morgan fingerprint density at radius 3 is 2.49 bits per heavy atom. The van der Waals surface area contributed by atoms with Crippen molar-refractivity contribution in [3.8, 4) is 0 Å². The van der Waals surface area contributed by atoms with E-state index in [0.29, 0.717) is 9.93 Å². The number of nitrogens with zero attached hydrogens (tertiary/aromatic N) is 1. The lowest BCUT2D eigenvalue weighted by molar-refractivity contribution is -0.126. The van der Waals surface area contributed by atoms with Gasteiger partial charge in [0, 0.05) is 16.0 Å². The van der Waals surface area contributed by atoms with Crippen molar-refractivity contribution in [1.82, 2.24) is 5.32 Å². The second kappa shape index (κ2) is 9.01. The second-order valence-corrected chi connectivity index (χ2v) is 12.6. The van der Waals surface area contributed by atoms with E-state index >= 15 is 0 Å². The van der Waals surface area contributed by atoms with Crippen LogP contribution in [-0.2, 0) is 9.59 Å². The van der Waals surface area contributed by atoms with Gasteiger partial charge in [-0.3, -0.25) is 14.5 Å².